The maximum Gasteiger partial charge on any atom is 0.409 e. The number of hydrogen-bond donors (Lipinski definition) is 0. The molecule has 0 saturated carbocycles. The van der Waals surface area contributed by atoms with Crippen molar-refractivity contribution in [2.45, 2.75) is 32.8 Å². The maximum atomic E-state index is 11.4. The molecule has 4 nitrogen and oxygen atoms in total. The first kappa shape index (κ1) is 11.3. The number of ether oxygens (including phenoxy) is 2. The Kier molecular flexibility index (Phi) is 4.73. The first-order chi connectivity index (χ1) is 6.77. The molecule has 4 heteroatoms. The largest absolute Gasteiger partial charge is 0.450 e. The molecule has 1 rings (SSSR count). The van der Waals surface area contributed by atoms with E-state index in [-0.39, 0.29) is 12.2 Å². The molecule has 14 heavy (non-hydrogen) atoms. The Balaban J connectivity index is 2.33. The smallest absolute Gasteiger partial charge is 0.409 e. The van der Waals surface area contributed by atoms with Gasteiger partial charge in [-0.1, -0.05) is 0 Å². The van der Waals surface area contributed by atoms with E-state index in [0.29, 0.717) is 19.7 Å². The molecule has 1 fully saturated rings. The molecule has 0 bridgehead atoms. The van der Waals surface area contributed by atoms with Crippen molar-refractivity contribution < 1.29 is 14.3 Å². The second-order valence-electron chi connectivity index (χ2n) is 3.37. The quantitative estimate of drug-likeness (QED) is 0.694. The Bertz CT molecular complexity index is 178. The van der Waals surface area contributed by atoms with Gasteiger partial charge in [0.05, 0.1) is 19.3 Å². The molecule has 0 N–H and O–H groups in total. The molecule has 0 aliphatic carbocycles. The average Bonchev–Trinajstić information content (AvgIpc) is 2.66. The van der Waals surface area contributed by atoms with Crippen LogP contribution in [0, 0.1) is 0 Å². The normalized spacial score (nSPS) is 20.9. The third-order valence-corrected chi connectivity index (χ3v) is 2.36. The van der Waals surface area contributed by atoms with Crippen LogP contribution >= 0.6 is 0 Å². The second-order valence-corrected chi connectivity index (χ2v) is 3.37. The van der Waals surface area contributed by atoms with Crippen LogP contribution in [0.2, 0.25) is 0 Å². The lowest BCUT2D eigenvalue weighted by atomic mass is 10.2. The fraction of sp³-hybridized carbons (Fsp3) is 0.900. The third-order valence-electron chi connectivity index (χ3n) is 2.36. The molecule has 1 heterocycles. The summed E-state index contributed by atoms with van der Waals surface area (Å²) in [6.45, 7) is 6.36. The van der Waals surface area contributed by atoms with Crippen molar-refractivity contribution >= 4 is 6.09 Å². The highest BCUT2D eigenvalue weighted by Crippen LogP contribution is 2.13. The van der Waals surface area contributed by atoms with Gasteiger partial charge in [0.2, 0.25) is 0 Å². The van der Waals surface area contributed by atoms with E-state index in [0.717, 1.165) is 19.4 Å². The van der Waals surface area contributed by atoms with Gasteiger partial charge in [-0.3, -0.25) is 0 Å². The zero-order chi connectivity index (χ0) is 10.4. The molecular weight excluding hydrogens is 182 g/mol. The van der Waals surface area contributed by atoms with Gasteiger partial charge in [0, 0.05) is 13.2 Å². The van der Waals surface area contributed by atoms with Crippen LogP contribution in [0.1, 0.15) is 26.7 Å². The van der Waals surface area contributed by atoms with E-state index in [4.69, 9.17) is 9.47 Å². The lowest BCUT2D eigenvalue weighted by molar-refractivity contribution is 0.0595. The number of rotatable bonds is 4. The van der Waals surface area contributed by atoms with Crippen molar-refractivity contribution in [3.8, 4) is 0 Å². The number of likely N-dealkylation sites (N-methyl/N-ethyl adjacent to an activating group) is 1. The zero-order valence-electron chi connectivity index (χ0n) is 8.99. The summed E-state index contributed by atoms with van der Waals surface area (Å²) in [5.41, 5.74) is 0. The summed E-state index contributed by atoms with van der Waals surface area (Å²) in [5, 5.41) is 0. The predicted molar refractivity (Wildman–Crippen MR) is 53.2 cm³/mol. The van der Waals surface area contributed by atoms with Gasteiger partial charge in [-0.25, -0.2) is 4.79 Å². The molecule has 0 radical (unpaired) electrons. The minimum Gasteiger partial charge on any atom is -0.450 e. The van der Waals surface area contributed by atoms with E-state index in [9.17, 15) is 4.79 Å². The molecule has 1 unspecified atom stereocenters. The highest BCUT2D eigenvalue weighted by atomic mass is 16.6. The first-order valence-corrected chi connectivity index (χ1v) is 5.31. The highest BCUT2D eigenvalue weighted by molar-refractivity contribution is 5.67. The van der Waals surface area contributed by atoms with Gasteiger partial charge in [-0.2, -0.15) is 0 Å². The highest BCUT2D eigenvalue weighted by Gasteiger charge is 2.21. The summed E-state index contributed by atoms with van der Waals surface area (Å²) in [7, 11) is 0. The van der Waals surface area contributed by atoms with Gasteiger partial charge in [0.1, 0.15) is 0 Å². The Morgan fingerprint density at radius 1 is 1.57 bits per heavy atom. The summed E-state index contributed by atoms with van der Waals surface area (Å²) < 4.78 is 10.4. The van der Waals surface area contributed by atoms with Crippen LogP contribution in [0.25, 0.3) is 0 Å². The number of amides is 1. The van der Waals surface area contributed by atoms with Crippen molar-refractivity contribution in [1.82, 2.24) is 4.90 Å². The van der Waals surface area contributed by atoms with Gasteiger partial charge in [-0.15, -0.1) is 0 Å². The van der Waals surface area contributed by atoms with E-state index < -0.39 is 0 Å². The van der Waals surface area contributed by atoms with Gasteiger partial charge in [0.15, 0.2) is 0 Å². The molecule has 0 aromatic carbocycles. The fourth-order valence-corrected chi connectivity index (χ4v) is 1.58. The Morgan fingerprint density at radius 2 is 2.36 bits per heavy atom. The van der Waals surface area contributed by atoms with Crippen molar-refractivity contribution in [1.29, 1.82) is 0 Å². The number of carbonyl (C=O) groups excluding carboxylic acids is 1. The van der Waals surface area contributed by atoms with Crippen LogP contribution in [0.15, 0.2) is 0 Å². The van der Waals surface area contributed by atoms with Crippen LogP contribution < -0.4 is 0 Å². The molecule has 1 aliphatic rings. The van der Waals surface area contributed by atoms with Crippen molar-refractivity contribution in [3.05, 3.63) is 0 Å². The first-order valence-electron chi connectivity index (χ1n) is 5.31. The lowest BCUT2D eigenvalue weighted by Crippen LogP contribution is -2.37. The SMILES string of the molecule is CCOC(=O)N(CC)CC1CCCO1. The van der Waals surface area contributed by atoms with Crippen molar-refractivity contribution in [2.75, 3.05) is 26.3 Å². The van der Waals surface area contributed by atoms with Gasteiger partial charge >= 0.3 is 6.09 Å². The van der Waals surface area contributed by atoms with E-state index >= 15 is 0 Å². The third kappa shape index (κ3) is 3.18. The summed E-state index contributed by atoms with van der Waals surface area (Å²) in [5.74, 6) is 0. The Labute approximate surface area is 85.2 Å². The molecule has 1 aliphatic heterocycles. The average molecular weight is 201 g/mol. The molecule has 0 spiro atoms. The van der Waals surface area contributed by atoms with Gasteiger partial charge < -0.3 is 14.4 Å². The molecule has 1 saturated heterocycles. The van der Waals surface area contributed by atoms with Crippen molar-refractivity contribution in [3.63, 3.8) is 0 Å². The van der Waals surface area contributed by atoms with Crippen LogP contribution in [0.3, 0.4) is 0 Å². The maximum absolute atomic E-state index is 11.4. The minimum atomic E-state index is -0.231. The summed E-state index contributed by atoms with van der Waals surface area (Å²) in [4.78, 5) is 13.1. The van der Waals surface area contributed by atoms with E-state index in [1.807, 2.05) is 13.8 Å². The van der Waals surface area contributed by atoms with Crippen LogP contribution in [0.5, 0.6) is 0 Å². The van der Waals surface area contributed by atoms with Gasteiger partial charge in [0.25, 0.3) is 0 Å². The summed E-state index contributed by atoms with van der Waals surface area (Å²) in [6, 6.07) is 0. The Morgan fingerprint density at radius 3 is 2.86 bits per heavy atom. The van der Waals surface area contributed by atoms with Crippen molar-refractivity contribution in [2.24, 2.45) is 0 Å². The number of nitrogens with zero attached hydrogens (tertiary/aromatic N) is 1. The topological polar surface area (TPSA) is 38.8 Å². The summed E-state index contributed by atoms with van der Waals surface area (Å²) >= 11 is 0. The lowest BCUT2D eigenvalue weighted by Gasteiger charge is -2.22. The monoisotopic (exact) mass is 201 g/mol. The molecular formula is C10H19NO3. The minimum absolute atomic E-state index is 0.208. The van der Waals surface area contributed by atoms with Crippen LogP contribution in [-0.2, 0) is 9.47 Å². The van der Waals surface area contributed by atoms with E-state index in [1.165, 1.54) is 0 Å². The second kappa shape index (κ2) is 5.86. The molecule has 1 atom stereocenters. The summed E-state index contributed by atoms with van der Waals surface area (Å²) in [6.07, 6.45) is 2.13. The molecule has 1 amide bonds. The predicted octanol–water partition coefficient (Wildman–Crippen LogP) is 1.64. The number of hydrogen-bond acceptors (Lipinski definition) is 3. The molecule has 0 aromatic rings. The Hall–Kier alpha value is -0.770. The zero-order valence-corrected chi connectivity index (χ0v) is 8.99. The molecule has 82 valence electrons. The van der Waals surface area contributed by atoms with Crippen LogP contribution in [-0.4, -0.2) is 43.4 Å². The van der Waals surface area contributed by atoms with Crippen LogP contribution in [0.4, 0.5) is 4.79 Å². The van der Waals surface area contributed by atoms with Gasteiger partial charge in [-0.05, 0) is 26.7 Å². The van der Waals surface area contributed by atoms with E-state index in [1.54, 1.807) is 4.90 Å². The van der Waals surface area contributed by atoms with E-state index in [2.05, 4.69) is 0 Å². The fourth-order valence-electron chi connectivity index (χ4n) is 1.58. The number of carbonyl (C=O) groups is 1. The molecule has 0 aromatic heterocycles. The standard InChI is InChI=1S/C10H19NO3/c1-3-11(10(12)13-4-2)8-9-6-5-7-14-9/h9H,3-8H2,1-2H3.